The van der Waals surface area contributed by atoms with Gasteiger partial charge in [0.1, 0.15) is 5.75 Å². The van der Waals surface area contributed by atoms with Crippen molar-refractivity contribution in [1.29, 1.82) is 0 Å². The van der Waals surface area contributed by atoms with E-state index in [4.69, 9.17) is 4.74 Å². The van der Waals surface area contributed by atoms with E-state index in [0.29, 0.717) is 5.69 Å². The van der Waals surface area contributed by atoms with E-state index in [9.17, 15) is 9.59 Å². The second-order valence-corrected chi connectivity index (χ2v) is 7.54. The number of anilines is 1. The SMILES string of the molecule is COc1ccc(NC(=O)CN(C)C(=O)C2C(C=C(C)C)C2(C)C)cc1. The van der Waals surface area contributed by atoms with Crippen LogP contribution in [-0.4, -0.2) is 37.4 Å². The lowest BCUT2D eigenvalue weighted by atomic mass is 10.1. The highest BCUT2D eigenvalue weighted by atomic mass is 16.5. The molecular weight excluding hydrogens is 316 g/mol. The molecule has 0 heterocycles. The molecule has 1 aromatic carbocycles. The first-order valence-corrected chi connectivity index (χ1v) is 8.50. The molecular formula is C20H28N2O3. The minimum absolute atomic E-state index is 0.0254. The number of rotatable bonds is 6. The molecule has 0 spiro atoms. The summed E-state index contributed by atoms with van der Waals surface area (Å²) in [6, 6.07) is 7.10. The van der Waals surface area contributed by atoms with Crippen molar-refractivity contribution in [3.05, 3.63) is 35.9 Å². The summed E-state index contributed by atoms with van der Waals surface area (Å²) in [6.07, 6.45) is 2.16. The van der Waals surface area contributed by atoms with E-state index < -0.39 is 0 Å². The fourth-order valence-electron chi connectivity index (χ4n) is 3.23. The van der Waals surface area contributed by atoms with E-state index in [-0.39, 0.29) is 35.6 Å². The maximum Gasteiger partial charge on any atom is 0.243 e. The molecule has 1 N–H and O–H groups in total. The van der Waals surface area contributed by atoms with Gasteiger partial charge >= 0.3 is 0 Å². The molecule has 2 rings (SSSR count). The van der Waals surface area contributed by atoms with Crippen molar-refractivity contribution >= 4 is 17.5 Å². The van der Waals surface area contributed by atoms with E-state index in [1.54, 1.807) is 38.4 Å². The van der Waals surface area contributed by atoms with Crippen molar-refractivity contribution in [3.8, 4) is 5.75 Å². The van der Waals surface area contributed by atoms with Crippen LogP contribution in [0.3, 0.4) is 0 Å². The Balaban J connectivity index is 1.92. The zero-order chi connectivity index (χ0) is 18.8. The molecule has 2 unspecified atom stereocenters. The molecule has 2 amide bonds. The molecule has 5 heteroatoms. The fourth-order valence-corrected chi connectivity index (χ4v) is 3.23. The summed E-state index contributed by atoms with van der Waals surface area (Å²) in [5.74, 6) is 0.737. The number of likely N-dealkylation sites (N-methyl/N-ethyl adjacent to an activating group) is 1. The summed E-state index contributed by atoms with van der Waals surface area (Å²) >= 11 is 0. The van der Waals surface area contributed by atoms with Gasteiger partial charge in [0.25, 0.3) is 0 Å². The van der Waals surface area contributed by atoms with E-state index in [0.717, 1.165) is 5.75 Å². The number of carbonyl (C=O) groups excluding carboxylic acids is 2. The van der Waals surface area contributed by atoms with Crippen LogP contribution in [0.25, 0.3) is 0 Å². The first kappa shape index (κ1) is 19.0. The Morgan fingerprint density at radius 1 is 1.24 bits per heavy atom. The minimum atomic E-state index is -0.210. The number of methoxy groups -OCH3 is 1. The Morgan fingerprint density at radius 3 is 2.36 bits per heavy atom. The number of amides is 2. The molecule has 136 valence electrons. The lowest BCUT2D eigenvalue weighted by Gasteiger charge is -2.17. The summed E-state index contributed by atoms with van der Waals surface area (Å²) in [7, 11) is 3.28. The summed E-state index contributed by atoms with van der Waals surface area (Å²) in [5.41, 5.74) is 1.85. The van der Waals surface area contributed by atoms with Crippen LogP contribution in [0.1, 0.15) is 27.7 Å². The van der Waals surface area contributed by atoms with Crippen molar-refractivity contribution in [3.63, 3.8) is 0 Å². The van der Waals surface area contributed by atoms with Gasteiger partial charge < -0.3 is 15.0 Å². The lowest BCUT2D eigenvalue weighted by molar-refractivity contribution is -0.135. The number of carbonyl (C=O) groups is 2. The molecule has 2 atom stereocenters. The predicted octanol–water partition coefficient (Wildman–Crippen LogP) is 3.33. The number of nitrogens with zero attached hydrogens (tertiary/aromatic N) is 1. The molecule has 0 aromatic heterocycles. The van der Waals surface area contributed by atoms with Gasteiger partial charge in [-0.2, -0.15) is 0 Å². The molecule has 1 aliphatic rings. The fraction of sp³-hybridized carbons (Fsp3) is 0.500. The first-order valence-electron chi connectivity index (χ1n) is 8.50. The largest absolute Gasteiger partial charge is 0.497 e. The van der Waals surface area contributed by atoms with E-state index in [1.165, 1.54) is 10.5 Å². The monoisotopic (exact) mass is 344 g/mol. The molecule has 1 aliphatic carbocycles. The predicted molar refractivity (Wildman–Crippen MR) is 99.5 cm³/mol. The lowest BCUT2D eigenvalue weighted by Crippen LogP contribution is -2.36. The summed E-state index contributed by atoms with van der Waals surface area (Å²) in [6.45, 7) is 8.33. The third-order valence-corrected chi connectivity index (χ3v) is 4.82. The van der Waals surface area contributed by atoms with Crippen molar-refractivity contribution in [2.75, 3.05) is 26.0 Å². The number of nitrogens with one attached hydrogen (secondary N) is 1. The van der Waals surface area contributed by atoms with Gasteiger partial charge in [0.15, 0.2) is 0 Å². The average Bonchev–Trinajstić information content (AvgIpc) is 3.06. The maximum absolute atomic E-state index is 12.7. The van der Waals surface area contributed by atoms with Crippen LogP contribution in [0.5, 0.6) is 5.75 Å². The summed E-state index contributed by atoms with van der Waals surface area (Å²) < 4.78 is 5.09. The van der Waals surface area contributed by atoms with Crippen LogP contribution in [0, 0.1) is 17.3 Å². The van der Waals surface area contributed by atoms with Gasteiger partial charge in [-0.05, 0) is 49.4 Å². The second kappa shape index (κ2) is 7.30. The Labute approximate surface area is 150 Å². The molecule has 1 fully saturated rings. The highest BCUT2D eigenvalue weighted by Gasteiger charge is 2.60. The van der Waals surface area contributed by atoms with E-state index in [2.05, 4.69) is 25.2 Å². The van der Waals surface area contributed by atoms with Gasteiger partial charge in [-0.25, -0.2) is 0 Å². The number of hydrogen-bond donors (Lipinski definition) is 1. The van der Waals surface area contributed by atoms with E-state index >= 15 is 0 Å². The first-order chi connectivity index (χ1) is 11.7. The van der Waals surface area contributed by atoms with Crippen molar-refractivity contribution in [2.45, 2.75) is 27.7 Å². The van der Waals surface area contributed by atoms with Crippen molar-refractivity contribution < 1.29 is 14.3 Å². The van der Waals surface area contributed by atoms with Gasteiger partial charge in [0.2, 0.25) is 11.8 Å². The Kier molecular flexibility index (Phi) is 5.55. The average molecular weight is 344 g/mol. The van der Waals surface area contributed by atoms with Crippen molar-refractivity contribution in [2.24, 2.45) is 17.3 Å². The Morgan fingerprint density at radius 2 is 1.84 bits per heavy atom. The minimum Gasteiger partial charge on any atom is -0.497 e. The molecule has 0 saturated heterocycles. The Hall–Kier alpha value is -2.30. The molecule has 1 aromatic rings. The normalized spacial score (nSPS) is 20.4. The molecule has 1 saturated carbocycles. The molecule has 5 nitrogen and oxygen atoms in total. The van der Waals surface area contributed by atoms with Crippen LogP contribution in [0.15, 0.2) is 35.9 Å². The number of benzene rings is 1. The zero-order valence-electron chi connectivity index (χ0n) is 15.9. The highest BCUT2D eigenvalue weighted by molar-refractivity contribution is 5.95. The third-order valence-electron chi connectivity index (χ3n) is 4.82. The molecule has 25 heavy (non-hydrogen) atoms. The van der Waals surface area contributed by atoms with Crippen LogP contribution in [0.4, 0.5) is 5.69 Å². The second-order valence-electron chi connectivity index (χ2n) is 7.54. The van der Waals surface area contributed by atoms with Gasteiger partial charge in [-0.1, -0.05) is 25.5 Å². The van der Waals surface area contributed by atoms with Crippen molar-refractivity contribution in [1.82, 2.24) is 4.90 Å². The van der Waals surface area contributed by atoms with Gasteiger partial charge in [-0.15, -0.1) is 0 Å². The van der Waals surface area contributed by atoms with Gasteiger partial charge in [0.05, 0.1) is 19.6 Å². The zero-order valence-corrected chi connectivity index (χ0v) is 15.9. The quantitative estimate of drug-likeness (QED) is 0.805. The van der Waals surface area contributed by atoms with Crippen LogP contribution in [0.2, 0.25) is 0 Å². The molecule has 0 radical (unpaired) electrons. The van der Waals surface area contributed by atoms with Crippen LogP contribution >= 0.6 is 0 Å². The standard InChI is InChI=1S/C20H28N2O3/c1-13(2)11-16-18(20(16,3)4)19(24)22(5)12-17(23)21-14-7-9-15(25-6)10-8-14/h7-11,16,18H,12H2,1-6H3,(H,21,23). The highest BCUT2D eigenvalue weighted by Crippen LogP contribution is 2.59. The van der Waals surface area contributed by atoms with Crippen LogP contribution in [-0.2, 0) is 9.59 Å². The molecule has 0 bridgehead atoms. The van der Waals surface area contributed by atoms with Crippen LogP contribution < -0.4 is 10.1 Å². The maximum atomic E-state index is 12.7. The topological polar surface area (TPSA) is 58.6 Å². The molecule has 0 aliphatic heterocycles. The van der Waals surface area contributed by atoms with Gasteiger partial charge in [-0.3, -0.25) is 9.59 Å². The van der Waals surface area contributed by atoms with Gasteiger partial charge in [0, 0.05) is 12.7 Å². The van der Waals surface area contributed by atoms with E-state index in [1.807, 2.05) is 13.8 Å². The smallest absolute Gasteiger partial charge is 0.243 e. The number of allylic oxidation sites excluding steroid dienone is 2. The number of ether oxygens (including phenoxy) is 1. The third kappa shape index (κ3) is 4.41. The summed E-state index contributed by atoms with van der Waals surface area (Å²) in [5, 5.41) is 2.80. The summed E-state index contributed by atoms with van der Waals surface area (Å²) in [4.78, 5) is 26.4. The number of hydrogen-bond acceptors (Lipinski definition) is 3. The Bertz CT molecular complexity index is 673.